The number of aromatic amines is 2. The number of anilines is 1. The zero-order valence-electron chi connectivity index (χ0n) is 16.0. The van der Waals surface area contributed by atoms with Crippen LogP contribution in [0.25, 0.3) is 11.4 Å². The summed E-state index contributed by atoms with van der Waals surface area (Å²) in [5.41, 5.74) is 0.855. The van der Waals surface area contributed by atoms with Crippen LogP contribution in [-0.2, 0) is 26.6 Å². The minimum Gasteiger partial charge on any atom is -0.379 e. The van der Waals surface area contributed by atoms with Gasteiger partial charge in [0.2, 0.25) is 25.9 Å². The van der Waals surface area contributed by atoms with E-state index in [-0.39, 0.29) is 29.7 Å². The fourth-order valence-electron chi connectivity index (χ4n) is 3.30. The first-order valence-electron chi connectivity index (χ1n) is 9.13. The van der Waals surface area contributed by atoms with E-state index in [1.165, 1.54) is 18.5 Å². The van der Waals surface area contributed by atoms with Crippen molar-refractivity contribution in [2.75, 3.05) is 18.4 Å². The highest BCUT2D eigenvalue weighted by Gasteiger charge is 2.33. The highest BCUT2D eigenvalue weighted by Crippen LogP contribution is 2.36. The molecule has 0 radical (unpaired) electrons. The number of benzene rings is 1. The van der Waals surface area contributed by atoms with Crippen molar-refractivity contribution in [1.82, 2.24) is 40.6 Å². The summed E-state index contributed by atoms with van der Waals surface area (Å²) in [7, 11) is -8.74. The van der Waals surface area contributed by atoms with Gasteiger partial charge in [0.25, 0.3) is 0 Å². The smallest absolute Gasteiger partial charge is 0.242 e. The van der Waals surface area contributed by atoms with Crippen molar-refractivity contribution < 1.29 is 16.8 Å². The van der Waals surface area contributed by atoms with E-state index in [1.807, 2.05) is 0 Å². The third-order valence-electron chi connectivity index (χ3n) is 4.67. The fraction of sp³-hybridized carbons (Fsp3) is 0.333. The molecule has 31 heavy (non-hydrogen) atoms. The van der Waals surface area contributed by atoms with Crippen LogP contribution in [0.2, 0.25) is 0 Å². The molecule has 0 amide bonds. The van der Waals surface area contributed by atoms with Gasteiger partial charge in [-0.2, -0.15) is 5.21 Å². The van der Waals surface area contributed by atoms with E-state index >= 15 is 0 Å². The molecule has 166 valence electrons. The Hall–Kier alpha value is -2.92. The average molecular weight is 469 g/mol. The molecule has 3 heterocycles. The van der Waals surface area contributed by atoms with Crippen LogP contribution in [0, 0.1) is 0 Å². The van der Waals surface area contributed by atoms with E-state index in [2.05, 4.69) is 45.9 Å². The first-order chi connectivity index (χ1) is 14.8. The molecule has 0 unspecified atom stereocenters. The summed E-state index contributed by atoms with van der Waals surface area (Å²) < 4.78 is 53.8. The lowest BCUT2D eigenvalue weighted by atomic mass is 10.1. The number of aromatic nitrogens is 6. The topological polar surface area (TPSA) is 214 Å². The van der Waals surface area contributed by atoms with Crippen molar-refractivity contribution >= 4 is 25.7 Å². The lowest BCUT2D eigenvalue weighted by Gasteiger charge is -2.18. The van der Waals surface area contributed by atoms with E-state index in [9.17, 15) is 16.8 Å². The summed E-state index contributed by atoms with van der Waals surface area (Å²) in [5.74, 6) is -0.129. The van der Waals surface area contributed by atoms with Gasteiger partial charge in [-0.25, -0.2) is 31.7 Å². The predicted octanol–water partition coefficient (Wildman–Crippen LogP) is -1.51. The number of H-pyrrole nitrogens is 2. The molecule has 0 spiro atoms. The Bertz CT molecular complexity index is 1250. The SMILES string of the molecule is NS(=O)(=O)c1c(S(=O)(=O)N[C@@H]2CCNC2)ccc(NCc2cnc[nH]2)c1-c1nn[nH]n1. The molecule has 1 fully saturated rings. The molecule has 1 aliphatic rings. The Kier molecular flexibility index (Phi) is 5.71. The number of nitrogens with two attached hydrogens (primary N) is 1. The second-order valence-electron chi connectivity index (χ2n) is 6.84. The van der Waals surface area contributed by atoms with Gasteiger partial charge >= 0.3 is 0 Å². The van der Waals surface area contributed by atoms with E-state index in [4.69, 9.17) is 5.14 Å². The molecule has 2 aromatic heterocycles. The summed E-state index contributed by atoms with van der Waals surface area (Å²) in [6.07, 6.45) is 3.65. The number of rotatable bonds is 8. The minimum absolute atomic E-state index is 0.108. The largest absolute Gasteiger partial charge is 0.379 e. The van der Waals surface area contributed by atoms with Crippen molar-refractivity contribution in [2.45, 2.75) is 28.8 Å². The third-order valence-corrected chi connectivity index (χ3v) is 7.36. The number of imidazole rings is 1. The van der Waals surface area contributed by atoms with Gasteiger partial charge in [0.1, 0.15) is 9.79 Å². The molecule has 1 aromatic carbocycles. The summed E-state index contributed by atoms with van der Waals surface area (Å²) in [4.78, 5) is 5.70. The second kappa shape index (κ2) is 8.31. The summed E-state index contributed by atoms with van der Waals surface area (Å²) >= 11 is 0. The highest BCUT2D eigenvalue weighted by atomic mass is 32.2. The molecule has 4 rings (SSSR count). The number of hydrogen-bond donors (Lipinski definition) is 6. The summed E-state index contributed by atoms with van der Waals surface area (Å²) in [6, 6.07) is 2.24. The van der Waals surface area contributed by atoms with Crippen molar-refractivity contribution in [3.05, 3.63) is 30.4 Å². The third kappa shape index (κ3) is 4.57. The number of primary sulfonamides is 1. The van der Waals surface area contributed by atoms with Gasteiger partial charge in [-0.15, -0.1) is 10.2 Å². The van der Waals surface area contributed by atoms with Gasteiger partial charge in [0, 0.05) is 24.5 Å². The Morgan fingerprint density at radius 3 is 2.68 bits per heavy atom. The van der Waals surface area contributed by atoms with Crippen molar-refractivity contribution in [3.8, 4) is 11.4 Å². The first kappa shape index (κ1) is 21.3. The average Bonchev–Trinajstić information content (AvgIpc) is 3.47. The van der Waals surface area contributed by atoms with Gasteiger partial charge in [-0.1, -0.05) is 0 Å². The molecule has 7 N–H and O–H groups in total. The normalized spacial score (nSPS) is 17.1. The number of nitrogens with zero attached hydrogens (tertiary/aromatic N) is 4. The van der Waals surface area contributed by atoms with Crippen LogP contribution in [0.15, 0.2) is 34.4 Å². The standard InChI is InChI=1S/C15H20N10O4S2/c16-30(26,27)14-12(31(28,29)23-9-3-4-17-5-9)2-1-11(13(14)15-21-24-25-22-15)19-7-10-6-18-8-20-10/h1-2,6,8-9,17,19,23H,3-5,7H2,(H,18,20)(H2,16,26,27)(H,21,22,24,25)/t9-/m1/s1. The monoisotopic (exact) mass is 468 g/mol. The Morgan fingerprint density at radius 2 is 2.06 bits per heavy atom. The summed E-state index contributed by atoms with van der Waals surface area (Å²) in [5, 5.41) is 24.9. The number of hydrogen-bond acceptors (Lipinski definition) is 10. The Balaban J connectivity index is 1.85. The maximum absolute atomic E-state index is 13.1. The van der Waals surface area contributed by atoms with Gasteiger partial charge in [0.15, 0.2) is 0 Å². The molecule has 16 heteroatoms. The quantitative estimate of drug-likeness (QED) is 0.225. The highest BCUT2D eigenvalue weighted by molar-refractivity contribution is 7.92. The van der Waals surface area contributed by atoms with Gasteiger partial charge in [0.05, 0.1) is 24.1 Å². The number of tetrazole rings is 1. The van der Waals surface area contributed by atoms with Crippen LogP contribution >= 0.6 is 0 Å². The maximum atomic E-state index is 13.1. The second-order valence-corrected chi connectivity index (χ2v) is 10.0. The molecule has 14 nitrogen and oxygen atoms in total. The molecule has 1 atom stereocenters. The van der Waals surface area contributed by atoms with Crippen molar-refractivity contribution in [3.63, 3.8) is 0 Å². The molecule has 1 saturated heterocycles. The predicted molar refractivity (Wildman–Crippen MR) is 108 cm³/mol. The van der Waals surface area contributed by atoms with E-state index in [0.29, 0.717) is 25.2 Å². The fourth-order valence-corrected chi connectivity index (χ4v) is 6.18. The van der Waals surface area contributed by atoms with E-state index in [1.54, 1.807) is 6.20 Å². The van der Waals surface area contributed by atoms with Gasteiger partial charge in [-0.05, 0) is 30.3 Å². The summed E-state index contributed by atoms with van der Waals surface area (Å²) in [6.45, 7) is 1.33. The first-order valence-corrected chi connectivity index (χ1v) is 12.2. The van der Waals surface area contributed by atoms with Crippen LogP contribution in [0.4, 0.5) is 5.69 Å². The molecule has 0 aliphatic carbocycles. The van der Waals surface area contributed by atoms with Crippen LogP contribution in [-0.4, -0.2) is 66.6 Å². The molecule has 3 aromatic rings. The van der Waals surface area contributed by atoms with Crippen LogP contribution in [0.3, 0.4) is 0 Å². The lowest BCUT2D eigenvalue weighted by Crippen LogP contribution is -2.37. The van der Waals surface area contributed by atoms with E-state index in [0.717, 1.165) is 0 Å². The zero-order valence-corrected chi connectivity index (χ0v) is 17.7. The van der Waals surface area contributed by atoms with Crippen LogP contribution in [0.5, 0.6) is 0 Å². The molecular formula is C15H20N10O4S2. The number of nitrogens with one attached hydrogen (secondary N) is 5. The van der Waals surface area contributed by atoms with Gasteiger partial charge < -0.3 is 15.6 Å². The lowest BCUT2D eigenvalue weighted by molar-refractivity contribution is 0.555. The minimum atomic E-state index is -4.52. The van der Waals surface area contributed by atoms with Gasteiger partial charge in [-0.3, -0.25) is 0 Å². The van der Waals surface area contributed by atoms with Crippen molar-refractivity contribution in [1.29, 1.82) is 0 Å². The molecule has 1 aliphatic heterocycles. The Labute approximate surface area is 177 Å². The van der Waals surface area contributed by atoms with Crippen molar-refractivity contribution in [2.24, 2.45) is 5.14 Å². The molecule has 0 saturated carbocycles. The van der Waals surface area contributed by atoms with Crippen LogP contribution in [0.1, 0.15) is 12.1 Å². The van der Waals surface area contributed by atoms with Crippen LogP contribution < -0.4 is 20.5 Å². The maximum Gasteiger partial charge on any atom is 0.242 e. The Morgan fingerprint density at radius 1 is 1.23 bits per heavy atom. The zero-order chi connectivity index (χ0) is 22.1. The molecular weight excluding hydrogens is 448 g/mol. The molecule has 0 bridgehead atoms. The van der Waals surface area contributed by atoms with E-state index < -0.39 is 29.8 Å². The number of sulfonamides is 2.